The molecule has 0 atom stereocenters. The minimum Gasteiger partial charge on any atom is -0.352 e. The predicted octanol–water partition coefficient (Wildman–Crippen LogP) is 2.76. The van der Waals surface area contributed by atoms with Gasteiger partial charge in [0.2, 0.25) is 0 Å². The maximum Gasteiger partial charge on any atom is 0.283 e. The van der Waals surface area contributed by atoms with E-state index in [0.717, 1.165) is 25.9 Å². The van der Waals surface area contributed by atoms with Gasteiger partial charge in [0, 0.05) is 18.8 Å². The largest absolute Gasteiger partial charge is 0.352 e. The number of hydrazine groups is 1. The number of nitrogens with one attached hydrogen (secondary N) is 2. The van der Waals surface area contributed by atoms with Crippen molar-refractivity contribution >= 4 is 29.1 Å². The molecule has 94 valence electrons. The van der Waals surface area contributed by atoms with Gasteiger partial charge in [0.05, 0.1) is 10.0 Å². The molecule has 0 spiro atoms. The molecule has 6 heteroatoms. The van der Waals surface area contributed by atoms with Crippen molar-refractivity contribution in [1.29, 1.82) is 0 Å². The molecule has 0 bridgehead atoms. The topological polar surface area (TPSA) is 48.1 Å². The van der Waals surface area contributed by atoms with Crippen molar-refractivity contribution in [2.45, 2.75) is 26.2 Å². The molecule has 1 saturated heterocycles. The maximum atomic E-state index is 12.0. The number of hydrogen-bond acceptors (Lipinski definition) is 2. The molecule has 1 fully saturated rings. The molecule has 2 rings (SSSR count). The van der Waals surface area contributed by atoms with Gasteiger partial charge in [-0.3, -0.25) is 10.2 Å². The van der Waals surface area contributed by atoms with Gasteiger partial charge in [-0.05, 0) is 19.8 Å². The standard InChI is InChI=1S/C11H15Cl2N3O/c1-7-8(12)9(13)10(14-7)11(17)15-16-5-3-2-4-6-16/h14H,2-6H2,1H3,(H,15,17). The SMILES string of the molecule is Cc1[nH]c(C(=O)NN2CCCCC2)c(Cl)c1Cl. The van der Waals surface area contributed by atoms with Crippen LogP contribution in [0, 0.1) is 6.92 Å². The summed E-state index contributed by atoms with van der Waals surface area (Å²) in [4.78, 5) is 14.9. The minimum absolute atomic E-state index is 0.230. The van der Waals surface area contributed by atoms with Crippen molar-refractivity contribution in [2.75, 3.05) is 13.1 Å². The van der Waals surface area contributed by atoms with E-state index in [-0.39, 0.29) is 5.91 Å². The molecule has 4 nitrogen and oxygen atoms in total. The van der Waals surface area contributed by atoms with Crippen molar-refractivity contribution in [2.24, 2.45) is 0 Å². The number of carbonyl (C=O) groups is 1. The maximum absolute atomic E-state index is 12.0. The molecule has 1 aliphatic rings. The molecule has 1 aromatic heterocycles. The quantitative estimate of drug-likeness (QED) is 0.872. The summed E-state index contributed by atoms with van der Waals surface area (Å²) >= 11 is 11.9. The average molecular weight is 276 g/mol. The van der Waals surface area contributed by atoms with E-state index < -0.39 is 0 Å². The van der Waals surface area contributed by atoms with E-state index in [2.05, 4.69) is 10.4 Å². The van der Waals surface area contributed by atoms with Crippen LogP contribution in [-0.2, 0) is 0 Å². The summed E-state index contributed by atoms with van der Waals surface area (Å²) in [6.45, 7) is 3.56. The van der Waals surface area contributed by atoms with E-state index in [1.54, 1.807) is 6.92 Å². The first-order valence-corrected chi connectivity index (χ1v) is 6.44. The lowest BCUT2D eigenvalue weighted by atomic mass is 10.2. The number of hydrogen-bond donors (Lipinski definition) is 2. The Kier molecular flexibility index (Phi) is 3.97. The van der Waals surface area contributed by atoms with Crippen LogP contribution in [0.5, 0.6) is 0 Å². The van der Waals surface area contributed by atoms with E-state index in [0.29, 0.717) is 21.4 Å². The molecule has 0 saturated carbocycles. The predicted molar refractivity (Wildman–Crippen MR) is 68.4 cm³/mol. The summed E-state index contributed by atoms with van der Waals surface area (Å²) in [6.07, 6.45) is 3.44. The van der Waals surface area contributed by atoms with Crippen LogP contribution < -0.4 is 5.43 Å². The highest BCUT2D eigenvalue weighted by Crippen LogP contribution is 2.29. The van der Waals surface area contributed by atoms with Crippen LogP contribution in [0.15, 0.2) is 0 Å². The van der Waals surface area contributed by atoms with Gasteiger partial charge in [-0.1, -0.05) is 29.6 Å². The fraction of sp³-hybridized carbons (Fsp3) is 0.545. The third kappa shape index (κ3) is 2.76. The van der Waals surface area contributed by atoms with Crippen LogP contribution >= 0.6 is 23.2 Å². The molecular weight excluding hydrogens is 261 g/mol. The summed E-state index contributed by atoms with van der Waals surface area (Å²) in [5, 5.41) is 2.63. The van der Waals surface area contributed by atoms with Gasteiger partial charge < -0.3 is 4.98 Å². The zero-order chi connectivity index (χ0) is 12.4. The number of halogens is 2. The van der Waals surface area contributed by atoms with E-state index in [1.807, 2.05) is 5.01 Å². The van der Waals surface area contributed by atoms with Crippen LogP contribution in [0.4, 0.5) is 0 Å². The number of amides is 1. The highest BCUT2D eigenvalue weighted by Gasteiger charge is 2.20. The molecule has 0 aromatic carbocycles. The number of H-pyrrole nitrogens is 1. The molecule has 1 amide bonds. The van der Waals surface area contributed by atoms with Crippen LogP contribution in [0.25, 0.3) is 0 Å². The summed E-state index contributed by atoms with van der Waals surface area (Å²) in [7, 11) is 0. The van der Waals surface area contributed by atoms with Crippen molar-refractivity contribution < 1.29 is 4.79 Å². The fourth-order valence-electron chi connectivity index (χ4n) is 1.93. The Balaban J connectivity index is 2.06. The minimum atomic E-state index is -0.230. The van der Waals surface area contributed by atoms with E-state index in [1.165, 1.54) is 6.42 Å². The lowest BCUT2D eigenvalue weighted by molar-refractivity contribution is 0.0745. The Bertz CT molecular complexity index is 425. The first-order chi connectivity index (χ1) is 8.09. The van der Waals surface area contributed by atoms with E-state index in [4.69, 9.17) is 23.2 Å². The second kappa shape index (κ2) is 5.29. The zero-order valence-corrected chi connectivity index (χ0v) is 11.2. The van der Waals surface area contributed by atoms with Gasteiger partial charge in [0.25, 0.3) is 5.91 Å². The van der Waals surface area contributed by atoms with Crippen LogP contribution in [0.1, 0.15) is 35.4 Å². The summed E-state index contributed by atoms with van der Waals surface area (Å²) in [5.41, 5.74) is 3.88. The Labute approximate surface area is 110 Å². The third-order valence-electron chi connectivity index (χ3n) is 2.90. The van der Waals surface area contributed by atoms with Gasteiger partial charge in [-0.15, -0.1) is 0 Å². The molecule has 0 radical (unpaired) electrons. The molecule has 0 unspecified atom stereocenters. The number of piperidine rings is 1. The summed E-state index contributed by atoms with van der Waals surface area (Å²) in [6, 6.07) is 0. The first-order valence-electron chi connectivity index (χ1n) is 5.69. The van der Waals surface area contributed by atoms with Crippen LogP contribution in [0.3, 0.4) is 0 Å². The van der Waals surface area contributed by atoms with Gasteiger partial charge in [0.15, 0.2) is 0 Å². The van der Waals surface area contributed by atoms with Gasteiger partial charge in [-0.2, -0.15) is 0 Å². The van der Waals surface area contributed by atoms with Gasteiger partial charge in [0.1, 0.15) is 5.69 Å². The zero-order valence-electron chi connectivity index (χ0n) is 9.65. The number of nitrogens with zero attached hydrogens (tertiary/aromatic N) is 1. The third-order valence-corrected chi connectivity index (χ3v) is 3.84. The molecule has 2 heterocycles. The van der Waals surface area contributed by atoms with Crippen molar-refractivity contribution in [3.63, 3.8) is 0 Å². The molecule has 0 aliphatic carbocycles. The van der Waals surface area contributed by atoms with Crippen LogP contribution in [0.2, 0.25) is 10.0 Å². The number of aromatic amines is 1. The van der Waals surface area contributed by atoms with Crippen LogP contribution in [-0.4, -0.2) is 29.0 Å². The van der Waals surface area contributed by atoms with Crippen molar-refractivity contribution in [3.05, 3.63) is 21.4 Å². The van der Waals surface area contributed by atoms with Crippen molar-refractivity contribution in [1.82, 2.24) is 15.4 Å². The normalized spacial score (nSPS) is 17.1. The molecule has 17 heavy (non-hydrogen) atoms. The number of carbonyl (C=O) groups excluding carboxylic acids is 1. The highest BCUT2D eigenvalue weighted by molar-refractivity contribution is 6.44. The molecular formula is C11H15Cl2N3O. The Morgan fingerprint density at radius 1 is 1.24 bits per heavy atom. The summed E-state index contributed by atoms with van der Waals surface area (Å²) in [5.74, 6) is -0.230. The second-order valence-electron chi connectivity index (χ2n) is 4.24. The van der Waals surface area contributed by atoms with Crippen molar-refractivity contribution in [3.8, 4) is 0 Å². The van der Waals surface area contributed by atoms with Gasteiger partial charge in [-0.25, -0.2) is 5.01 Å². The van der Waals surface area contributed by atoms with E-state index >= 15 is 0 Å². The average Bonchev–Trinajstić information content (AvgIpc) is 2.58. The lowest BCUT2D eigenvalue weighted by Crippen LogP contribution is -2.45. The Morgan fingerprint density at radius 3 is 2.41 bits per heavy atom. The smallest absolute Gasteiger partial charge is 0.283 e. The Hall–Kier alpha value is -0.710. The summed E-state index contributed by atoms with van der Waals surface area (Å²) < 4.78 is 0. The monoisotopic (exact) mass is 275 g/mol. The number of aryl methyl sites for hydroxylation is 1. The first kappa shape index (κ1) is 12.7. The number of aromatic nitrogens is 1. The molecule has 1 aromatic rings. The molecule has 1 aliphatic heterocycles. The molecule has 2 N–H and O–H groups in total. The Morgan fingerprint density at radius 2 is 1.88 bits per heavy atom. The lowest BCUT2D eigenvalue weighted by Gasteiger charge is -2.26. The van der Waals surface area contributed by atoms with Gasteiger partial charge >= 0.3 is 0 Å². The van der Waals surface area contributed by atoms with E-state index in [9.17, 15) is 4.79 Å². The second-order valence-corrected chi connectivity index (χ2v) is 5.00. The highest BCUT2D eigenvalue weighted by atomic mass is 35.5. The number of rotatable bonds is 2. The fourth-order valence-corrected chi connectivity index (χ4v) is 2.35.